The predicted octanol–water partition coefficient (Wildman–Crippen LogP) is 1.12. The summed E-state index contributed by atoms with van der Waals surface area (Å²) in [7, 11) is 0. The molecule has 13 heavy (non-hydrogen) atoms. The quantitative estimate of drug-likeness (QED) is 0.710. The highest BCUT2D eigenvalue weighted by Gasteiger charge is 2.28. The van der Waals surface area contributed by atoms with E-state index in [0.29, 0.717) is 0 Å². The first-order valence-corrected chi connectivity index (χ1v) is 4.88. The second-order valence-corrected chi connectivity index (χ2v) is 3.38. The van der Waals surface area contributed by atoms with Crippen molar-refractivity contribution in [1.82, 2.24) is 10.2 Å². The summed E-state index contributed by atoms with van der Waals surface area (Å²) in [5.74, 6) is 1.24. The first-order valence-electron chi connectivity index (χ1n) is 4.88. The molecule has 1 aliphatic heterocycles. The molecule has 0 aromatic rings. The maximum atomic E-state index is 11.5. The first-order chi connectivity index (χ1) is 6.11. The Bertz CT molecular complexity index is 241. The van der Waals surface area contributed by atoms with Crippen molar-refractivity contribution in [3.63, 3.8) is 0 Å². The SMILES string of the molecule is CCN(CC)C1=C(C)C(=O)C(C)N1. The van der Waals surface area contributed by atoms with Crippen molar-refractivity contribution in [3.8, 4) is 0 Å². The van der Waals surface area contributed by atoms with E-state index in [1.54, 1.807) is 0 Å². The molecule has 1 rings (SSSR count). The number of nitrogens with one attached hydrogen (secondary N) is 1. The molecule has 0 bridgehead atoms. The highest BCUT2D eigenvalue weighted by molar-refractivity contribution is 6.01. The topological polar surface area (TPSA) is 32.3 Å². The number of Topliss-reactive ketones (excluding diaryl/α,β-unsaturated/α-hetero) is 1. The van der Waals surface area contributed by atoms with Gasteiger partial charge in [0.25, 0.3) is 0 Å². The Morgan fingerprint density at radius 2 is 1.92 bits per heavy atom. The number of nitrogens with zero attached hydrogens (tertiary/aromatic N) is 1. The van der Waals surface area contributed by atoms with E-state index in [1.807, 2.05) is 13.8 Å². The smallest absolute Gasteiger partial charge is 0.184 e. The van der Waals surface area contributed by atoms with Gasteiger partial charge in [-0.25, -0.2) is 0 Å². The van der Waals surface area contributed by atoms with Gasteiger partial charge in [-0.2, -0.15) is 0 Å². The minimum absolute atomic E-state index is 0.0457. The van der Waals surface area contributed by atoms with Crippen LogP contribution in [0.4, 0.5) is 0 Å². The van der Waals surface area contributed by atoms with Crippen LogP contribution in [0.2, 0.25) is 0 Å². The van der Waals surface area contributed by atoms with Crippen LogP contribution in [-0.2, 0) is 4.79 Å². The van der Waals surface area contributed by atoms with Crippen molar-refractivity contribution in [2.75, 3.05) is 13.1 Å². The molecular formula is C10H18N2O. The van der Waals surface area contributed by atoms with Crippen LogP contribution in [0.1, 0.15) is 27.7 Å². The van der Waals surface area contributed by atoms with Crippen LogP contribution < -0.4 is 5.32 Å². The van der Waals surface area contributed by atoms with Crippen LogP contribution in [0.5, 0.6) is 0 Å². The third kappa shape index (κ3) is 1.69. The summed E-state index contributed by atoms with van der Waals surface area (Å²) in [4.78, 5) is 13.7. The third-order valence-corrected chi connectivity index (χ3v) is 2.55. The Hall–Kier alpha value is -0.990. The van der Waals surface area contributed by atoms with Gasteiger partial charge in [-0.05, 0) is 27.7 Å². The lowest BCUT2D eigenvalue weighted by atomic mass is 10.1. The average Bonchev–Trinajstić information content (AvgIpc) is 2.36. The lowest BCUT2D eigenvalue weighted by molar-refractivity contribution is -0.116. The van der Waals surface area contributed by atoms with Crippen LogP contribution >= 0.6 is 0 Å². The Morgan fingerprint density at radius 3 is 2.23 bits per heavy atom. The summed E-state index contributed by atoms with van der Waals surface area (Å²) >= 11 is 0. The summed E-state index contributed by atoms with van der Waals surface area (Å²) < 4.78 is 0. The fourth-order valence-corrected chi connectivity index (χ4v) is 1.69. The zero-order valence-electron chi connectivity index (χ0n) is 8.85. The summed E-state index contributed by atoms with van der Waals surface area (Å²) in [6.45, 7) is 9.87. The number of hydrogen-bond acceptors (Lipinski definition) is 3. The number of carbonyl (C=O) groups excluding carboxylic acids is 1. The lowest BCUT2D eigenvalue weighted by Gasteiger charge is -2.23. The molecule has 0 saturated carbocycles. The second-order valence-electron chi connectivity index (χ2n) is 3.38. The molecule has 0 amide bonds. The highest BCUT2D eigenvalue weighted by Crippen LogP contribution is 2.17. The summed E-state index contributed by atoms with van der Waals surface area (Å²) in [6, 6.07) is -0.0457. The van der Waals surface area contributed by atoms with Gasteiger partial charge in [-0.15, -0.1) is 0 Å². The molecule has 3 nitrogen and oxygen atoms in total. The Balaban J connectivity index is 2.86. The zero-order valence-corrected chi connectivity index (χ0v) is 8.85. The van der Waals surface area contributed by atoms with Gasteiger partial charge in [-0.1, -0.05) is 0 Å². The fourth-order valence-electron chi connectivity index (χ4n) is 1.69. The summed E-state index contributed by atoms with van der Waals surface area (Å²) in [5.41, 5.74) is 0.871. The van der Waals surface area contributed by atoms with Gasteiger partial charge in [0.05, 0.1) is 6.04 Å². The molecule has 0 fully saturated rings. The average molecular weight is 182 g/mol. The Morgan fingerprint density at radius 1 is 1.38 bits per heavy atom. The van der Waals surface area contributed by atoms with E-state index in [0.717, 1.165) is 24.5 Å². The minimum atomic E-state index is -0.0457. The molecule has 0 aliphatic carbocycles. The van der Waals surface area contributed by atoms with Crippen LogP contribution in [-0.4, -0.2) is 29.8 Å². The maximum absolute atomic E-state index is 11.5. The molecule has 1 N–H and O–H groups in total. The molecule has 1 unspecified atom stereocenters. The molecular weight excluding hydrogens is 164 g/mol. The van der Waals surface area contributed by atoms with Crippen molar-refractivity contribution in [2.24, 2.45) is 0 Å². The molecule has 1 atom stereocenters. The molecule has 0 saturated heterocycles. The second kappa shape index (κ2) is 3.81. The number of ketones is 1. The Labute approximate surface area is 79.8 Å². The van der Waals surface area contributed by atoms with Gasteiger partial charge < -0.3 is 10.2 Å². The van der Waals surface area contributed by atoms with Crippen molar-refractivity contribution >= 4 is 5.78 Å². The molecule has 0 aromatic heterocycles. The van der Waals surface area contributed by atoms with Crippen LogP contribution in [0.25, 0.3) is 0 Å². The van der Waals surface area contributed by atoms with Crippen molar-refractivity contribution in [1.29, 1.82) is 0 Å². The summed E-state index contributed by atoms with van der Waals surface area (Å²) in [5, 5.41) is 3.21. The largest absolute Gasteiger partial charge is 0.362 e. The standard InChI is InChI=1S/C10H18N2O/c1-5-12(6-2)10-7(3)9(13)8(4)11-10/h8,11H,5-6H2,1-4H3. The number of hydrogen-bond donors (Lipinski definition) is 1. The normalized spacial score (nSPS) is 22.2. The van der Waals surface area contributed by atoms with Crippen molar-refractivity contribution in [3.05, 3.63) is 11.4 Å². The summed E-state index contributed by atoms with van der Waals surface area (Å²) in [6.07, 6.45) is 0. The zero-order chi connectivity index (χ0) is 10.0. The molecule has 1 aliphatic rings. The van der Waals surface area contributed by atoms with Gasteiger partial charge >= 0.3 is 0 Å². The van der Waals surface area contributed by atoms with Gasteiger partial charge in [0.1, 0.15) is 5.82 Å². The number of rotatable bonds is 3. The minimum Gasteiger partial charge on any atom is -0.362 e. The van der Waals surface area contributed by atoms with E-state index in [9.17, 15) is 4.79 Å². The third-order valence-electron chi connectivity index (χ3n) is 2.55. The Kier molecular flexibility index (Phi) is 2.96. The molecule has 1 heterocycles. The van der Waals surface area contributed by atoms with E-state index in [2.05, 4.69) is 24.1 Å². The van der Waals surface area contributed by atoms with Gasteiger partial charge in [0, 0.05) is 18.7 Å². The van der Waals surface area contributed by atoms with Crippen LogP contribution in [0.15, 0.2) is 11.4 Å². The van der Waals surface area contributed by atoms with E-state index in [1.165, 1.54) is 0 Å². The molecule has 0 spiro atoms. The van der Waals surface area contributed by atoms with E-state index in [4.69, 9.17) is 0 Å². The number of carbonyl (C=O) groups is 1. The lowest BCUT2D eigenvalue weighted by Crippen LogP contribution is -2.33. The fraction of sp³-hybridized carbons (Fsp3) is 0.700. The van der Waals surface area contributed by atoms with E-state index in [-0.39, 0.29) is 11.8 Å². The van der Waals surface area contributed by atoms with Gasteiger partial charge in [0.2, 0.25) is 0 Å². The predicted molar refractivity (Wildman–Crippen MR) is 53.2 cm³/mol. The van der Waals surface area contributed by atoms with Crippen LogP contribution in [0.3, 0.4) is 0 Å². The van der Waals surface area contributed by atoms with E-state index < -0.39 is 0 Å². The molecule has 3 heteroatoms. The van der Waals surface area contributed by atoms with Gasteiger partial charge in [-0.3, -0.25) is 4.79 Å². The molecule has 0 aromatic carbocycles. The molecule has 0 radical (unpaired) electrons. The van der Waals surface area contributed by atoms with Crippen molar-refractivity contribution < 1.29 is 4.79 Å². The first kappa shape index (κ1) is 10.1. The van der Waals surface area contributed by atoms with Crippen molar-refractivity contribution in [2.45, 2.75) is 33.7 Å². The highest BCUT2D eigenvalue weighted by atomic mass is 16.1. The maximum Gasteiger partial charge on any atom is 0.184 e. The van der Waals surface area contributed by atoms with Gasteiger partial charge in [0.15, 0.2) is 5.78 Å². The monoisotopic (exact) mass is 182 g/mol. The van der Waals surface area contributed by atoms with Crippen LogP contribution in [0, 0.1) is 0 Å². The van der Waals surface area contributed by atoms with E-state index >= 15 is 0 Å². The molecule has 74 valence electrons.